The molecule has 0 radical (unpaired) electrons. The Hall–Kier alpha value is -2.39. The van der Waals surface area contributed by atoms with Crippen LogP contribution in [0.5, 0.6) is 0 Å². The molecule has 1 atom stereocenters. The topological polar surface area (TPSA) is 145 Å². The summed E-state index contributed by atoms with van der Waals surface area (Å²) in [5.41, 5.74) is 1.73. The van der Waals surface area contributed by atoms with E-state index in [0.717, 1.165) is 23.3 Å². The van der Waals surface area contributed by atoms with E-state index in [-0.39, 0.29) is 24.0 Å². The van der Waals surface area contributed by atoms with Crippen LogP contribution in [0.4, 0.5) is 4.79 Å². The van der Waals surface area contributed by atoms with Gasteiger partial charge in [0.05, 0.1) is 10.3 Å². The number of carbonyl (C=O) groups is 1. The molecule has 1 aliphatic heterocycles. The summed E-state index contributed by atoms with van der Waals surface area (Å²) in [5, 5.41) is 15.1. The minimum atomic E-state index is -3.64. The molecule has 2 N–H and O–H groups in total. The van der Waals surface area contributed by atoms with Gasteiger partial charge in [-0.25, -0.2) is 13.2 Å². The Labute approximate surface area is 193 Å². The van der Waals surface area contributed by atoms with Gasteiger partial charge in [-0.1, -0.05) is 24.3 Å². The standard InChI is InChI=1S/C18H22N4O7S3/c1-3-21(15-9-20(2)32(26,27)17-14(15)8-16(30-17)31-19)18(23)28-10-12-5-4-6-13(7-12)11-29-22(24)25/h4-8,15H,3,9-11,19H2,1-2H3. The Kier molecular flexibility index (Phi) is 7.61. The second-order valence-corrected chi connectivity index (χ2v) is 11.1. The van der Waals surface area contributed by atoms with Crippen LogP contribution in [-0.4, -0.2) is 48.9 Å². The highest BCUT2D eigenvalue weighted by Crippen LogP contribution is 2.42. The molecule has 14 heteroatoms. The summed E-state index contributed by atoms with van der Waals surface area (Å²) in [4.78, 5) is 29.1. The number of nitrogens with two attached hydrogens (primary N) is 1. The highest BCUT2D eigenvalue weighted by Gasteiger charge is 2.41. The van der Waals surface area contributed by atoms with E-state index >= 15 is 0 Å². The smallest absolute Gasteiger partial charge is 0.410 e. The van der Waals surface area contributed by atoms with E-state index < -0.39 is 27.2 Å². The largest absolute Gasteiger partial charge is 0.445 e. The number of carbonyl (C=O) groups excluding carboxylic acids is 1. The molecule has 0 saturated heterocycles. The summed E-state index contributed by atoms with van der Waals surface area (Å²) >= 11 is 2.03. The predicted octanol–water partition coefficient (Wildman–Crippen LogP) is 2.76. The number of likely N-dealkylation sites (N-methyl/N-ethyl adjacent to an activating group) is 2. The van der Waals surface area contributed by atoms with Gasteiger partial charge in [0.1, 0.15) is 17.4 Å². The maximum atomic E-state index is 12.9. The van der Waals surface area contributed by atoms with Crippen molar-refractivity contribution in [3.8, 4) is 0 Å². The van der Waals surface area contributed by atoms with Crippen LogP contribution in [0, 0.1) is 10.1 Å². The van der Waals surface area contributed by atoms with Crippen molar-refractivity contribution in [2.24, 2.45) is 5.14 Å². The molecule has 0 saturated carbocycles. The third kappa shape index (κ3) is 5.15. The van der Waals surface area contributed by atoms with Gasteiger partial charge < -0.3 is 14.5 Å². The highest BCUT2D eigenvalue weighted by atomic mass is 32.3. The predicted molar refractivity (Wildman–Crippen MR) is 118 cm³/mol. The molecular formula is C18H22N4O7S3. The zero-order valence-electron chi connectivity index (χ0n) is 17.3. The minimum Gasteiger partial charge on any atom is -0.445 e. The average molecular weight is 503 g/mol. The molecule has 1 aromatic heterocycles. The van der Waals surface area contributed by atoms with Crippen LogP contribution in [0.1, 0.15) is 29.7 Å². The Morgan fingerprint density at radius 2 is 2.06 bits per heavy atom. The molecule has 11 nitrogen and oxygen atoms in total. The molecule has 2 aromatic rings. The quantitative estimate of drug-likeness (QED) is 0.327. The van der Waals surface area contributed by atoms with Crippen molar-refractivity contribution >= 4 is 39.4 Å². The molecule has 2 heterocycles. The first-order valence-electron chi connectivity index (χ1n) is 9.42. The monoisotopic (exact) mass is 502 g/mol. The number of benzene rings is 1. The Morgan fingerprint density at radius 1 is 1.38 bits per heavy atom. The van der Waals surface area contributed by atoms with E-state index in [1.807, 2.05) is 0 Å². The molecule has 32 heavy (non-hydrogen) atoms. The second kappa shape index (κ2) is 10.0. The lowest BCUT2D eigenvalue weighted by Crippen LogP contribution is -2.45. The van der Waals surface area contributed by atoms with Crippen molar-refractivity contribution in [1.29, 1.82) is 0 Å². The van der Waals surface area contributed by atoms with Crippen molar-refractivity contribution in [2.45, 2.75) is 34.6 Å². The maximum Gasteiger partial charge on any atom is 0.410 e. The van der Waals surface area contributed by atoms with Gasteiger partial charge >= 0.3 is 6.09 Å². The lowest BCUT2D eigenvalue weighted by molar-refractivity contribution is -0.763. The van der Waals surface area contributed by atoms with Crippen LogP contribution in [-0.2, 0) is 32.8 Å². The third-order valence-corrected chi connectivity index (χ3v) is 9.08. The summed E-state index contributed by atoms with van der Waals surface area (Å²) in [6.45, 7) is 1.92. The van der Waals surface area contributed by atoms with Gasteiger partial charge in [0.2, 0.25) is 0 Å². The van der Waals surface area contributed by atoms with Gasteiger partial charge in [0.15, 0.2) is 0 Å². The highest BCUT2D eigenvalue weighted by molar-refractivity contribution is 7.99. The van der Waals surface area contributed by atoms with Gasteiger partial charge in [0, 0.05) is 25.7 Å². The number of hydrogen-bond acceptors (Lipinski definition) is 10. The summed E-state index contributed by atoms with van der Waals surface area (Å²) in [7, 11) is -2.17. The normalized spacial score (nSPS) is 17.4. The lowest BCUT2D eigenvalue weighted by atomic mass is 10.1. The molecule has 0 spiro atoms. The van der Waals surface area contributed by atoms with Gasteiger partial charge in [-0.05, 0) is 36.1 Å². The fourth-order valence-electron chi connectivity index (χ4n) is 3.35. The van der Waals surface area contributed by atoms with E-state index in [1.54, 1.807) is 37.3 Å². The number of nitrogens with zero attached hydrogens (tertiary/aromatic N) is 3. The average Bonchev–Trinajstić information content (AvgIpc) is 3.21. The van der Waals surface area contributed by atoms with Crippen molar-refractivity contribution < 1.29 is 27.9 Å². The number of hydrogen-bond donors (Lipinski definition) is 1. The van der Waals surface area contributed by atoms with E-state index in [0.29, 0.717) is 27.4 Å². The number of amides is 1. The first-order chi connectivity index (χ1) is 15.2. The number of ether oxygens (including phenoxy) is 1. The summed E-state index contributed by atoms with van der Waals surface area (Å²) in [5.74, 6) is 0. The Bertz CT molecular complexity index is 1110. The molecule has 0 aliphatic carbocycles. The number of thiophene rings is 1. The van der Waals surface area contributed by atoms with Gasteiger partial charge in [0.25, 0.3) is 15.1 Å². The molecule has 3 rings (SSSR count). The van der Waals surface area contributed by atoms with Crippen LogP contribution in [0.15, 0.2) is 38.8 Å². The van der Waals surface area contributed by atoms with E-state index in [1.165, 1.54) is 16.3 Å². The van der Waals surface area contributed by atoms with Crippen molar-refractivity contribution in [2.75, 3.05) is 20.1 Å². The molecular weight excluding hydrogens is 480 g/mol. The molecule has 1 unspecified atom stereocenters. The Balaban J connectivity index is 1.76. The second-order valence-electron chi connectivity index (χ2n) is 6.89. The molecule has 0 fully saturated rings. The molecule has 1 aliphatic rings. The zero-order valence-corrected chi connectivity index (χ0v) is 19.7. The molecule has 174 valence electrons. The zero-order chi connectivity index (χ0) is 23.5. The number of sulfonamides is 1. The van der Waals surface area contributed by atoms with Gasteiger partial charge in [-0.15, -0.1) is 21.5 Å². The molecule has 0 bridgehead atoms. The van der Waals surface area contributed by atoms with Gasteiger partial charge in [-0.2, -0.15) is 4.31 Å². The summed E-state index contributed by atoms with van der Waals surface area (Å²) in [6.07, 6.45) is -0.601. The van der Waals surface area contributed by atoms with E-state index in [4.69, 9.17) is 9.88 Å². The van der Waals surface area contributed by atoms with Crippen LogP contribution in [0.3, 0.4) is 0 Å². The fraction of sp³-hybridized carbons (Fsp3) is 0.389. The van der Waals surface area contributed by atoms with Crippen LogP contribution in [0.2, 0.25) is 0 Å². The van der Waals surface area contributed by atoms with Crippen LogP contribution >= 0.6 is 23.3 Å². The SMILES string of the molecule is CCN(C(=O)OCc1cccc(CO[N+](=O)[O-])c1)C1CN(C)S(=O)(=O)c2sc(SN)cc21. The summed E-state index contributed by atoms with van der Waals surface area (Å²) in [6, 6.07) is 7.90. The number of fused-ring (bicyclic) bond motifs is 1. The number of rotatable bonds is 8. The third-order valence-electron chi connectivity index (χ3n) is 4.89. The molecule has 1 amide bonds. The minimum absolute atomic E-state index is 0.0527. The van der Waals surface area contributed by atoms with E-state index in [2.05, 4.69) is 4.84 Å². The summed E-state index contributed by atoms with van der Waals surface area (Å²) < 4.78 is 32.9. The Morgan fingerprint density at radius 3 is 2.69 bits per heavy atom. The molecule has 1 aromatic carbocycles. The van der Waals surface area contributed by atoms with Crippen molar-refractivity contribution in [3.63, 3.8) is 0 Å². The van der Waals surface area contributed by atoms with Crippen molar-refractivity contribution in [3.05, 3.63) is 57.1 Å². The van der Waals surface area contributed by atoms with E-state index in [9.17, 15) is 23.3 Å². The van der Waals surface area contributed by atoms with Gasteiger partial charge in [-0.3, -0.25) is 5.14 Å². The van der Waals surface area contributed by atoms with Crippen LogP contribution in [0.25, 0.3) is 0 Å². The first-order valence-corrected chi connectivity index (χ1v) is 12.6. The van der Waals surface area contributed by atoms with Crippen LogP contribution < -0.4 is 5.14 Å². The maximum absolute atomic E-state index is 12.9. The lowest BCUT2D eigenvalue weighted by Gasteiger charge is -2.36. The first kappa shape index (κ1) is 24.3. The van der Waals surface area contributed by atoms with Crippen molar-refractivity contribution in [1.82, 2.24) is 9.21 Å². The fourth-order valence-corrected chi connectivity index (χ4v) is 7.01.